The minimum atomic E-state index is -3.67. The van der Waals surface area contributed by atoms with Crippen LogP contribution in [0.1, 0.15) is 20.8 Å². The molecule has 1 heterocycles. The number of hydroxylamine groups is 1. The highest BCUT2D eigenvalue weighted by molar-refractivity contribution is 7.89. The van der Waals surface area contributed by atoms with Gasteiger partial charge in [-0.05, 0) is 20.8 Å². The first-order valence-electron chi connectivity index (χ1n) is 7.44. The fourth-order valence-electron chi connectivity index (χ4n) is 1.91. The third-order valence-electron chi connectivity index (χ3n) is 3.03. The van der Waals surface area contributed by atoms with Gasteiger partial charge in [0.15, 0.2) is 0 Å². The Kier molecular flexibility index (Phi) is 9.25. The summed E-state index contributed by atoms with van der Waals surface area (Å²) < 4.78 is 49.8. The van der Waals surface area contributed by atoms with E-state index in [0.29, 0.717) is 6.54 Å². The molecule has 1 atom stereocenters. The highest BCUT2D eigenvalue weighted by atomic mass is 35.5. The van der Waals surface area contributed by atoms with Crippen molar-refractivity contribution in [3.05, 3.63) is 0 Å². The summed E-state index contributed by atoms with van der Waals surface area (Å²) in [5.41, 5.74) is 1.75. The Bertz CT molecular complexity index is 647. The Morgan fingerprint density at radius 2 is 1.88 bits per heavy atom. The molecule has 1 aliphatic heterocycles. The van der Waals surface area contributed by atoms with E-state index in [1.54, 1.807) is 20.8 Å². The van der Waals surface area contributed by atoms with Crippen LogP contribution in [-0.4, -0.2) is 76.9 Å². The highest BCUT2D eigenvalue weighted by Crippen LogP contribution is 2.08. The summed E-state index contributed by atoms with van der Waals surface area (Å²) in [6.07, 6.45) is 0.958. The maximum Gasteiger partial charge on any atom is 0.262 e. The molecule has 1 rings (SSSR count). The van der Waals surface area contributed by atoms with Crippen molar-refractivity contribution in [2.45, 2.75) is 32.4 Å². The van der Waals surface area contributed by atoms with Gasteiger partial charge < -0.3 is 5.32 Å². The smallest absolute Gasteiger partial charge is 0.262 e. The van der Waals surface area contributed by atoms with Gasteiger partial charge in [0.1, 0.15) is 6.04 Å². The van der Waals surface area contributed by atoms with Crippen LogP contribution in [0.4, 0.5) is 0 Å². The maximum atomic E-state index is 12.3. The normalized spacial score (nSPS) is 19.9. The van der Waals surface area contributed by atoms with Crippen LogP contribution in [-0.2, 0) is 29.7 Å². The lowest BCUT2D eigenvalue weighted by Crippen LogP contribution is -2.59. The number of rotatable bonds is 7. The molecule has 1 saturated heterocycles. The Morgan fingerprint density at radius 3 is 2.40 bits per heavy atom. The van der Waals surface area contributed by atoms with Crippen molar-refractivity contribution in [1.29, 1.82) is 0 Å². The van der Waals surface area contributed by atoms with E-state index in [2.05, 4.69) is 15.5 Å². The highest BCUT2D eigenvalue weighted by Gasteiger charge is 2.32. The van der Waals surface area contributed by atoms with Crippen molar-refractivity contribution in [2.24, 2.45) is 0 Å². The van der Waals surface area contributed by atoms with Crippen LogP contribution in [0.25, 0.3) is 0 Å². The molecular weight excluding hydrogens is 396 g/mol. The maximum absolute atomic E-state index is 12.3. The first-order valence-corrected chi connectivity index (χ1v) is 10.9. The van der Waals surface area contributed by atoms with Gasteiger partial charge in [-0.25, -0.2) is 27.0 Å². The zero-order chi connectivity index (χ0) is 18.6. The SMILES string of the molecule is CC(C)(C)ONC(=O)[C@H]1CN(S(=O)(=O)CCNS(C)(=O)=O)CCN1.Cl. The molecule has 150 valence electrons. The van der Waals surface area contributed by atoms with Crippen LogP contribution in [0.5, 0.6) is 0 Å². The van der Waals surface area contributed by atoms with Gasteiger partial charge in [0, 0.05) is 26.2 Å². The first-order chi connectivity index (χ1) is 10.8. The van der Waals surface area contributed by atoms with E-state index in [4.69, 9.17) is 4.84 Å². The molecule has 0 aromatic rings. The van der Waals surface area contributed by atoms with Crippen LogP contribution in [0.3, 0.4) is 0 Å². The fraction of sp³-hybridized carbons (Fsp3) is 0.917. The van der Waals surface area contributed by atoms with E-state index in [1.165, 1.54) is 4.31 Å². The van der Waals surface area contributed by atoms with Gasteiger partial charge in [-0.3, -0.25) is 9.63 Å². The van der Waals surface area contributed by atoms with Crippen molar-refractivity contribution < 1.29 is 26.5 Å². The van der Waals surface area contributed by atoms with Crippen LogP contribution in [0, 0.1) is 0 Å². The molecule has 0 unspecified atom stereocenters. The lowest BCUT2D eigenvalue weighted by atomic mass is 10.2. The molecule has 13 heteroatoms. The fourth-order valence-corrected chi connectivity index (χ4v) is 3.88. The molecule has 10 nitrogen and oxygen atoms in total. The van der Waals surface area contributed by atoms with E-state index in [0.717, 1.165) is 6.26 Å². The second-order valence-corrected chi connectivity index (χ2v) is 10.4. The van der Waals surface area contributed by atoms with Crippen molar-refractivity contribution in [2.75, 3.05) is 38.2 Å². The standard InChI is InChI=1S/C12H26N4O6S2.ClH/c1-12(2,3)22-15-11(17)10-9-16(7-5-13-10)24(20,21)8-6-14-23(4,18)19;/h10,13-14H,5-9H2,1-4H3,(H,15,17);1H/t10-;/m1./s1. The number of amides is 1. The lowest BCUT2D eigenvalue weighted by Gasteiger charge is -2.32. The number of piperazine rings is 1. The van der Waals surface area contributed by atoms with Crippen molar-refractivity contribution in [3.63, 3.8) is 0 Å². The summed E-state index contributed by atoms with van der Waals surface area (Å²) in [5, 5.41) is 2.93. The Morgan fingerprint density at radius 1 is 1.28 bits per heavy atom. The Hall–Kier alpha value is -0.500. The number of carbonyl (C=O) groups is 1. The van der Waals surface area contributed by atoms with Gasteiger partial charge >= 0.3 is 0 Å². The molecular formula is C12H27ClN4O6S2. The third kappa shape index (κ3) is 9.68. The molecule has 0 radical (unpaired) electrons. The summed E-state index contributed by atoms with van der Waals surface area (Å²) >= 11 is 0. The van der Waals surface area contributed by atoms with Crippen LogP contribution in [0.2, 0.25) is 0 Å². The third-order valence-corrected chi connectivity index (χ3v) is 5.60. The van der Waals surface area contributed by atoms with Crippen molar-refractivity contribution in [1.82, 2.24) is 19.8 Å². The zero-order valence-electron chi connectivity index (χ0n) is 14.7. The van der Waals surface area contributed by atoms with E-state index >= 15 is 0 Å². The summed E-state index contributed by atoms with van der Waals surface area (Å²) in [7, 11) is -7.12. The predicted octanol–water partition coefficient (Wildman–Crippen LogP) is -1.59. The van der Waals surface area contributed by atoms with E-state index in [9.17, 15) is 21.6 Å². The number of nitrogens with one attached hydrogen (secondary N) is 3. The minimum absolute atomic E-state index is 0. The molecule has 25 heavy (non-hydrogen) atoms. The average Bonchev–Trinajstić information content (AvgIpc) is 2.42. The van der Waals surface area contributed by atoms with E-state index in [1.807, 2.05) is 0 Å². The summed E-state index contributed by atoms with van der Waals surface area (Å²) in [5.74, 6) is -0.827. The van der Waals surface area contributed by atoms with Crippen molar-refractivity contribution >= 4 is 38.4 Å². The predicted molar refractivity (Wildman–Crippen MR) is 96.2 cm³/mol. The zero-order valence-corrected chi connectivity index (χ0v) is 17.2. The largest absolute Gasteiger partial charge is 0.303 e. The minimum Gasteiger partial charge on any atom is -0.303 e. The molecule has 0 aromatic carbocycles. The molecule has 1 amide bonds. The van der Waals surface area contributed by atoms with Crippen molar-refractivity contribution in [3.8, 4) is 0 Å². The molecule has 3 N–H and O–H groups in total. The molecule has 0 bridgehead atoms. The molecule has 0 spiro atoms. The van der Waals surface area contributed by atoms with Gasteiger partial charge in [-0.15, -0.1) is 12.4 Å². The lowest BCUT2D eigenvalue weighted by molar-refractivity contribution is -0.148. The number of nitrogens with zero attached hydrogens (tertiary/aromatic N) is 1. The number of hydrogen-bond donors (Lipinski definition) is 3. The Labute approximate surface area is 155 Å². The summed E-state index contributed by atoms with van der Waals surface area (Å²) in [4.78, 5) is 17.2. The monoisotopic (exact) mass is 422 g/mol. The molecule has 0 saturated carbocycles. The van der Waals surface area contributed by atoms with Gasteiger partial charge in [0.25, 0.3) is 5.91 Å². The van der Waals surface area contributed by atoms with Gasteiger partial charge in [0.2, 0.25) is 20.0 Å². The van der Waals surface area contributed by atoms with Crippen LogP contribution in [0.15, 0.2) is 0 Å². The van der Waals surface area contributed by atoms with E-state index < -0.39 is 37.6 Å². The van der Waals surface area contributed by atoms with Gasteiger partial charge in [-0.2, -0.15) is 4.31 Å². The quantitative estimate of drug-likeness (QED) is 0.421. The molecule has 1 fully saturated rings. The van der Waals surface area contributed by atoms with Gasteiger partial charge in [0.05, 0.1) is 17.6 Å². The number of halogens is 1. The molecule has 0 aromatic heterocycles. The molecule has 0 aliphatic carbocycles. The number of carbonyl (C=O) groups excluding carboxylic acids is 1. The summed E-state index contributed by atoms with van der Waals surface area (Å²) in [6.45, 7) is 5.58. The second kappa shape index (κ2) is 9.44. The first kappa shape index (κ1) is 24.5. The topological polar surface area (TPSA) is 134 Å². The second-order valence-electron chi connectivity index (χ2n) is 6.53. The number of sulfonamides is 2. The van der Waals surface area contributed by atoms with Gasteiger partial charge in [-0.1, -0.05) is 0 Å². The average molecular weight is 423 g/mol. The van der Waals surface area contributed by atoms with E-state index in [-0.39, 0.29) is 37.8 Å². The molecule has 1 aliphatic rings. The number of hydrogen-bond acceptors (Lipinski definition) is 7. The summed E-state index contributed by atoms with van der Waals surface area (Å²) in [6, 6.07) is -0.737. The Balaban J connectivity index is 0.00000576. The van der Waals surface area contributed by atoms with Crippen LogP contribution < -0.4 is 15.5 Å². The van der Waals surface area contributed by atoms with Crippen LogP contribution >= 0.6 is 12.4 Å².